The highest BCUT2D eigenvalue weighted by atomic mass is 32.2. The molecular formula is C14H23N3O2S. The Labute approximate surface area is 122 Å². The maximum absolute atomic E-state index is 12.0. The van der Waals surface area contributed by atoms with Gasteiger partial charge in [0.15, 0.2) is 0 Å². The van der Waals surface area contributed by atoms with Crippen molar-refractivity contribution in [3.05, 3.63) is 18.2 Å². The fourth-order valence-electron chi connectivity index (χ4n) is 2.42. The Hall–Kier alpha value is -1.17. The van der Waals surface area contributed by atoms with E-state index < -0.39 is 10.8 Å². The Kier molecular flexibility index (Phi) is 5.76. The van der Waals surface area contributed by atoms with E-state index in [0.29, 0.717) is 31.0 Å². The third kappa shape index (κ3) is 4.44. The van der Waals surface area contributed by atoms with Crippen molar-refractivity contribution in [2.45, 2.75) is 39.2 Å². The lowest BCUT2D eigenvalue weighted by Crippen LogP contribution is -2.41. The highest BCUT2D eigenvalue weighted by Gasteiger charge is 2.19. The van der Waals surface area contributed by atoms with Crippen LogP contribution < -0.4 is 0 Å². The summed E-state index contributed by atoms with van der Waals surface area (Å²) in [7, 11) is -0.708. The van der Waals surface area contributed by atoms with Crippen LogP contribution in [0.25, 0.3) is 0 Å². The van der Waals surface area contributed by atoms with Crippen LogP contribution in [0.5, 0.6) is 0 Å². The first-order valence-corrected chi connectivity index (χ1v) is 8.76. The van der Waals surface area contributed by atoms with Gasteiger partial charge >= 0.3 is 0 Å². The predicted octanol–water partition coefficient (Wildman–Crippen LogP) is 1.34. The van der Waals surface area contributed by atoms with Crippen LogP contribution in [0.3, 0.4) is 0 Å². The lowest BCUT2D eigenvalue weighted by Gasteiger charge is -2.26. The first kappa shape index (κ1) is 15.2. The van der Waals surface area contributed by atoms with Crippen molar-refractivity contribution in [2.24, 2.45) is 0 Å². The molecule has 5 nitrogen and oxygen atoms in total. The molecule has 1 aromatic heterocycles. The lowest BCUT2D eigenvalue weighted by atomic mass is 10.1. The van der Waals surface area contributed by atoms with Gasteiger partial charge in [-0.3, -0.25) is 9.00 Å². The number of hydrogen-bond donors (Lipinski definition) is 0. The van der Waals surface area contributed by atoms with Gasteiger partial charge in [0, 0.05) is 60.8 Å². The first-order chi connectivity index (χ1) is 9.66. The zero-order chi connectivity index (χ0) is 14.4. The van der Waals surface area contributed by atoms with E-state index in [-0.39, 0.29) is 5.91 Å². The molecule has 6 heteroatoms. The molecule has 1 fully saturated rings. The second-order valence-corrected chi connectivity index (χ2v) is 6.90. The number of rotatable bonds is 6. The van der Waals surface area contributed by atoms with Crippen molar-refractivity contribution < 1.29 is 9.00 Å². The molecule has 2 rings (SSSR count). The van der Waals surface area contributed by atoms with Crippen molar-refractivity contribution in [3.63, 3.8) is 0 Å². The number of carbonyl (C=O) groups is 1. The minimum atomic E-state index is -0.708. The quantitative estimate of drug-likeness (QED) is 0.745. The van der Waals surface area contributed by atoms with Crippen LogP contribution in [0, 0.1) is 6.92 Å². The van der Waals surface area contributed by atoms with Gasteiger partial charge in [0.2, 0.25) is 5.91 Å². The van der Waals surface area contributed by atoms with Crippen LogP contribution in [0.1, 0.15) is 31.5 Å². The number of aryl methyl sites for hydroxylation is 2. The Morgan fingerprint density at radius 3 is 2.70 bits per heavy atom. The number of unbranched alkanes of at least 4 members (excludes halogenated alkanes) is 2. The van der Waals surface area contributed by atoms with Crippen LogP contribution in [-0.4, -0.2) is 49.2 Å². The summed E-state index contributed by atoms with van der Waals surface area (Å²) in [6.07, 6.45) is 7.51. The zero-order valence-electron chi connectivity index (χ0n) is 12.1. The van der Waals surface area contributed by atoms with Gasteiger partial charge in [0.05, 0.1) is 0 Å². The van der Waals surface area contributed by atoms with Gasteiger partial charge in [-0.25, -0.2) is 4.98 Å². The van der Waals surface area contributed by atoms with Gasteiger partial charge in [-0.2, -0.15) is 0 Å². The Morgan fingerprint density at radius 1 is 1.30 bits per heavy atom. The smallest absolute Gasteiger partial charge is 0.222 e. The molecule has 0 atom stereocenters. The van der Waals surface area contributed by atoms with Gasteiger partial charge < -0.3 is 9.47 Å². The molecule has 0 saturated carbocycles. The van der Waals surface area contributed by atoms with Crippen molar-refractivity contribution in [2.75, 3.05) is 24.6 Å². The highest BCUT2D eigenvalue weighted by Crippen LogP contribution is 2.08. The molecule has 0 radical (unpaired) electrons. The Bertz CT molecular complexity index is 463. The molecule has 0 aromatic carbocycles. The largest absolute Gasteiger partial charge is 0.341 e. The summed E-state index contributed by atoms with van der Waals surface area (Å²) >= 11 is 0. The van der Waals surface area contributed by atoms with Crippen LogP contribution in [0.4, 0.5) is 0 Å². The Morgan fingerprint density at radius 2 is 2.05 bits per heavy atom. The summed E-state index contributed by atoms with van der Waals surface area (Å²) in [4.78, 5) is 18.0. The molecule has 0 N–H and O–H groups in total. The van der Waals surface area contributed by atoms with Gasteiger partial charge in [-0.15, -0.1) is 0 Å². The molecule has 20 heavy (non-hydrogen) atoms. The summed E-state index contributed by atoms with van der Waals surface area (Å²) in [5, 5.41) is 0. The summed E-state index contributed by atoms with van der Waals surface area (Å²) in [5.74, 6) is 2.56. The van der Waals surface area contributed by atoms with Crippen molar-refractivity contribution in [1.82, 2.24) is 14.5 Å². The fourth-order valence-corrected chi connectivity index (χ4v) is 3.47. The van der Waals surface area contributed by atoms with Crippen LogP contribution in [-0.2, 0) is 22.1 Å². The molecule has 1 aliphatic heterocycles. The normalized spacial score (nSPS) is 16.6. The average molecular weight is 297 g/mol. The van der Waals surface area contributed by atoms with Crippen LogP contribution >= 0.6 is 0 Å². The van der Waals surface area contributed by atoms with E-state index in [1.165, 1.54) is 0 Å². The van der Waals surface area contributed by atoms with Crippen molar-refractivity contribution in [1.29, 1.82) is 0 Å². The molecule has 0 spiro atoms. The predicted molar refractivity (Wildman–Crippen MR) is 79.9 cm³/mol. The summed E-state index contributed by atoms with van der Waals surface area (Å²) < 4.78 is 13.4. The van der Waals surface area contributed by atoms with E-state index in [1.54, 1.807) is 0 Å². The number of hydrogen-bond acceptors (Lipinski definition) is 3. The van der Waals surface area contributed by atoms with E-state index in [0.717, 1.165) is 31.6 Å². The SMILES string of the molecule is Cc1nccn1CCCCCC(=O)N1CCS(=O)CC1. The molecule has 1 aliphatic rings. The van der Waals surface area contributed by atoms with Crippen molar-refractivity contribution >= 4 is 16.7 Å². The van der Waals surface area contributed by atoms with Crippen molar-refractivity contribution in [3.8, 4) is 0 Å². The molecule has 2 heterocycles. The third-order valence-corrected chi connectivity index (χ3v) is 5.02. The number of aromatic nitrogens is 2. The molecule has 0 unspecified atom stereocenters. The topological polar surface area (TPSA) is 55.2 Å². The minimum absolute atomic E-state index is 0.223. The van der Waals surface area contributed by atoms with Crippen LogP contribution in [0.15, 0.2) is 12.4 Å². The second kappa shape index (κ2) is 7.57. The second-order valence-electron chi connectivity index (χ2n) is 5.21. The average Bonchev–Trinajstić information content (AvgIpc) is 2.84. The summed E-state index contributed by atoms with van der Waals surface area (Å²) in [5.41, 5.74) is 0. The highest BCUT2D eigenvalue weighted by molar-refractivity contribution is 7.85. The number of carbonyl (C=O) groups excluding carboxylic acids is 1. The van der Waals surface area contributed by atoms with E-state index >= 15 is 0 Å². The van der Waals surface area contributed by atoms with E-state index in [4.69, 9.17) is 0 Å². The molecule has 0 bridgehead atoms. The molecule has 112 valence electrons. The fraction of sp³-hybridized carbons (Fsp3) is 0.714. The molecule has 1 saturated heterocycles. The molecule has 1 amide bonds. The van der Waals surface area contributed by atoms with Gasteiger partial charge in [-0.1, -0.05) is 6.42 Å². The Balaban J connectivity index is 1.58. The van der Waals surface area contributed by atoms with Gasteiger partial charge in [0.25, 0.3) is 0 Å². The first-order valence-electron chi connectivity index (χ1n) is 7.27. The molecule has 1 aromatic rings. The summed E-state index contributed by atoms with van der Waals surface area (Å²) in [6, 6.07) is 0. The van der Waals surface area contributed by atoms with E-state index in [2.05, 4.69) is 9.55 Å². The zero-order valence-corrected chi connectivity index (χ0v) is 12.9. The standard InChI is InChI=1S/C14H23N3O2S/c1-13-15-6-8-16(13)7-4-2-3-5-14(18)17-9-11-20(19)12-10-17/h6,8H,2-5,7,9-12H2,1H3. The summed E-state index contributed by atoms with van der Waals surface area (Å²) in [6.45, 7) is 4.31. The maximum atomic E-state index is 12.0. The minimum Gasteiger partial charge on any atom is -0.341 e. The number of amides is 1. The molecular weight excluding hydrogens is 274 g/mol. The van der Waals surface area contributed by atoms with Crippen LogP contribution in [0.2, 0.25) is 0 Å². The number of nitrogens with zero attached hydrogens (tertiary/aromatic N) is 3. The van der Waals surface area contributed by atoms with E-state index in [1.807, 2.05) is 24.2 Å². The molecule has 0 aliphatic carbocycles. The van der Waals surface area contributed by atoms with Gasteiger partial charge in [0.1, 0.15) is 5.82 Å². The number of imidazole rings is 1. The monoisotopic (exact) mass is 297 g/mol. The third-order valence-electron chi connectivity index (χ3n) is 3.74. The lowest BCUT2D eigenvalue weighted by molar-refractivity contribution is -0.130. The van der Waals surface area contributed by atoms with E-state index in [9.17, 15) is 9.00 Å². The maximum Gasteiger partial charge on any atom is 0.222 e. The van der Waals surface area contributed by atoms with Gasteiger partial charge in [-0.05, 0) is 19.8 Å².